The summed E-state index contributed by atoms with van der Waals surface area (Å²) in [7, 11) is -2.05. The van der Waals surface area contributed by atoms with Crippen molar-refractivity contribution in [2.45, 2.75) is 24.3 Å². The first kappa shape index (κ1) is 14.5. The molecule has 0 aliphatic heterocycles. The second kappa shape index (κ2) is 6.06. The number of methoxy groups -OCH3 is 1. The standard InChI is InChI=1S/C13H17N3O3S/c1-3-12(13-14-8-9-15-13)16-20(17,18)11-6-4-10(19-2)5-7-11/h4-9,12,16H,3H2,1-2H3,(H,14,15). The molecule has 7 heteroatoms. The predicted molar refractivity (Wildman–Crippen MR) is 74.9 cm³/mol. The lowest BCUT2D eigenvalue weighted by Crippen LogP contribution is -2.29. The van der Waals surface area contributed by atoms with E-state index in [2.05, 4.69) is 14.7 Å². The minimum Gasteiger partial charge on any atom is -0.497 e. The zero-order chi connectivity index (χ0) is 14.6. The monoisotopic (exact) mass is 295 g/mol. The third-order valence-electron chi connectivity index (χ3n) is 2.92. The molecule has 108 valence electrons. The number of benzene rings is 1. The number of nitrogens with zero attached hydrogens (tertiary/aromatic N) is 1. The Hall–Kier alpha value is -1.86. The summed E-state index contributed by atoms with van der Waals surface area (Å²) in [5.74, 6) is 1.21. The van der Waals surface area contributed by atoms with Gasteiger partial charge in [-0.3, -0.25) is 0 Å². The van der Waals surface area contributed by atoms with Crippen LogP contribution < -0.4 is 9.46 Å². The summed E-state index contributed by atoms with van der Waals surface area (Å²) in [5.41, 5.74) is 0. The van der Waals surface area contributed by atoms with Gasteiger partial charge in [0.1, 0.15) is 11.6 Å². The number of nitrogens with one attached hydrogen (secondary N) is 2. The van der Waals surface area contributed by atoms with E-state index in [4.69, 9.17) is 4.74 Å². The Morgan fingerprint density at radius 1 is 1.35 bits per heavy atom. The molecule has 2 aromatic rings. The molecule has 0 aliphatic carbocycles. The topological polar surface area (TPSA) is 84.1 Å². The smallest absolute Gasteiger partial charge is 0.241 e. The van der Waals surface area contributed by atoms with Gasteiger partial charge in [-0.15, -0.1) is 0 Å². The summed E-state index contributed by atoms with van der Waals surface area (Å²) in [6.45, 7) is 1.89. The van der Waals surface area contributed by atoms with Crippen molar-refractivity contribution in [3.63, 3.8) is 0 Å². The summed E-state index contributed by atoms with van der Waals surface area (Å²) >= 11 is 0. The molecule has 2 N–H and O–H groups in total. The molecule has 20 heavy (non-hydrogen) atoms. The average molecular weight is 295 g/mol. The summed E-state index contributed by atoms with van der Waals surface area (Å²) in [6.07, 6.45) is 3.86. The van der Waals surface area contributed by atoms with Crippen molar-refractivity contribution in [3.8, 4) is 5.75 Å². The van der Waals surface area contributed by atoms with E-state index in [1.54, 1.807) is 24.5 Å². The van der Waals surface area contributed by atoms with Gasteiger partial charge in [-0.2, -0.15) is 0 Å². The van der Waals surface area contributed by atoms with Crippen molar-refractivity contribution in [3.05, 3.63) is 42.5 Å². The molecule has 0 spiro atoms. The minimum absolute atomic E-state index is 0.198. The number of hydrogen-bond donors (Lipinski definition) is 2. The lowest BCUT2D eigenvalue weighted by atomic mass is 10.2. The molecule has 1 unspecified atom stereocenters. The van der Waals surface area contributed by atoms with Crippen molar-refractivity contribution in [1.29, 1.82) is 0 Å². The number of rotatable bonds is 6. The van der Waals surface area contributed by atoms with Crippen molar-refractivity contribution in [2.24, 2.45) is 0 Å². The van der Waals surface area contributed by atoms with Crippen molar-refractivity contribution in [2.75, 3.05) is 7.11 Å². The SMILES string of the molecule is CCC(NS(=O)(=O)c1ccc(OC)cc1)c1ncc[nH]1. The van der Waals surface area contributed by atoms with Gasteiger partial charge in [0.2, 0.25) is 10.0 Å². The van der Waals surface area contributed by atoms with Crippen molar-refractivity contribution >= 4 is 10.0 Å². The van der Waals surface area contributed by atoms with E-state index in [9.17, 15) is 8.42 Å². The van der Waals surface area contributed by atoms with Crippen molar-refractivity contribution < 1.29 is 13.2 Å². The van der Waals surface area contributed by atoms with Crippen LogP contribution in [0.15, 0.2) is 41.6 Å². The van der Waals surface area contributed by atoms with E-state index < -0.39 is 10.0 Å². The summed E-state index contributed by atoms with van der Waals surface area (Å²) in [6, 6.07) is 5.87. The van der Waals surface area contributed by atoms with Gasteiger partial charge in [-0.05, 0) is 30.7 Å². The highest BCUT2D eigenvalue weighted by molar-refractivity contribution is 7.89. The van der Waals surface area contributed by atoms with Crippen LogP contribution in [0.1, 0.15) is 25.2 Å². The number of imidazole rings is 1. The molecule has 1 atom stereocenters. The van der Waals surface area contributed by atoms with Gasteiger partial charge >= 0.3 is 0 Å². The van der Waals surface area contributed by atoms with E-state index in [0.717, 1.165) is 0 Å². The van der Waals surface area contributed by atoms with Crippen LogP contribution in [0.5, 0.6) is 5.75 Å². The Morgan fingerprint density at radius 3 is 2.55 bits per heavy atom. The molecule has 0 fully saturated rings. The molecule has 0 bridgehead atoms. The molecule has 0 radical (unpaired) electrons. The first-order valence-corrected chi connectivity index (χ1v) is 7.71. The minimum atomic E-state index is -3.59. The third-order valence-corrected chi connectivity index (χ3v) is 4.41. The second-order valence-electron chi connectivity index (χ2n) is 4.23. The maximum absolute atomic E-state index is 12.3. The van der Waals surface area contributed by atoms with E-state index in [1.807, 2.05) is 6.92 Å². The zero-order valence-electron chi connectivity index (χ0n) is 11.3. The normalized spacial score (nSPS) is 13.1. The predicted octanol–water partition coefficient (Wildman–Crippen LogP) is 1.85. The van der Waals surface area contributed by atoms with E-state index >= 15 is 0 Å². The van der Waals surface area contributed by atoms with Crippen LogP contribution in [0.3, 0.4) is 0 Å². The van der Waals surface area contributed by atoms with Gasteiger partial charge in [-0.1, -0.05) is 6.92 Å². The lowest BCUT2D eigenvalue weighted by Gasteiger charge is -2.15. The highest BCUT2D eigenvalue weighted by Crippen LogP contribution is 2.19. The van der Waals surface area contributed by atoms with Gasteiger partial charge in [0.05, 0.1) is 18.0 Å². The van der Waals surface area contributed by atoms with Gasteiger partial charge in [0, 0.05) is 12.4 Å². The Balaban J connectivity index is 2.21. The van der Waals surface area contributed by atoms with Crippen LogP contribution in [0.4, 0.5) is 0 Å². The molecule has 0 amide bonds. The van der Waals surface area contributed by atoms with Crippen LogP contribution in [-0.4, -0.2) is 25.5 Å². The maximum Gasteiger partial charge on any atom is 0.241 e. The summed E-state index contributed by atoms with van der Waals surface area (Å²) in [4.78, 5) is 7.21. The fourth-order valence-electron chi connectivity index (χ4n) is 1.81. The largest absolute Gasteiger partial charge is 0.497 e. The van der Waals surface area contributed by atoms with Crippen LogP contribution in [-0.2, 0) is 10.0 Å². The average Bonchev–Trinajstić information content (AvgIpc) is 2.99. The number of ether oxygens (including phenoxy) is 1. The second-order valence-corrected chi connectivity index (χ2v) is 5.95. The van der Waals surface area contributed by atoms with Gasteiger partial charge in [0.25, 0.3) is 0 Å². The molecule has 2 rings (SSSR count). The van der Waals surface area contributed by atoms with E-state index in [-0.39, 0.29) is 10.9 Å². The molecule has 1 heterocycles. The number of aromatic nitrogens is 2. The number of hydrogen-bond acceptors (Lipinski definition) is 4. The van der Waals surface area contributed by atoms with Crippen molar-refractivity contribution in [1.82, 2.24) is 14.7 Å². The Bertz CT molecular complexity index is 636. The van der Waals surface area contributed by atoms with Crippen LogP contribution in [0.25, 0.3) is 0 Å². The fourth-order valence-corrected chi connectivity index (χ4v) is 3.09. The fraction of sp³-hybridized carbons (Fsp3) is 0.308. The Morgan fingerprint density at radius 2 is 2.05 bits per heavy atom. The van der Waals surface area contributed by atoms with E-state index in [1.165, 1.54) is 19.2 Å². The highest BCUT2D eigenvalue weighted by Gasteiger charge is 2.21. The highest BCUT2D eigenvalue weighted by atomic mass is 32.2. The summed E-state index contributed by atoms with van der Waals surface area (Å²) in [5, 5.41) is 0. The van der Waals surface area contributed by atoms with Gasteiger partial charge in [-0.25, -0.2) is 18.1 Å². The Labute approximate surface area is 118 Å². The molecule has 1 aromatic heterocycles. The Kier molecular flexibility index (Phi) is 4.41. The third kappa shape index (κ3) is 3.17. The quantitative estimate of drug-likeness (QED) is 0.851. The molecule has 0 aliphatic rings. The lowest BCUT2D eigenvalue weighted by molar-refractivity contribution is 0.414. The maximum atomic E-state index is 12.3. The molecule has 0 saturated heterocycles. The first-order valence-electron chi connectivity index (χ1n) is 6.22. The van der Waals surface area contributed by atoms with E-state index in [0.29, 0.717) is 18.0 Å². The number of sulfonamides is 1. The number of H-pyrrole nitrogens is 1. The molecule has 0 saturated carbocycles. The molecular formula is C13H17N3O3S. The summed E-state index contributed by atoms with van der Waals surface area (Å²) < 4.78 is 32.3. The molecule has 1 aromatic carbocycles. The van der Waals surface area contributed by atoms with Crippen LogP contribution in [0.2, 0.25) is 0 Å². The zero-order valence-corrected chi connectivity index (χ0v) is 12.1. The van der Waals surface area contributed by atoms with Gasteiger partial charge in [0.15, 0.2) is 0 Å². The molecular weight excluding hydrogens is 278 g/mol. The van der Waals surface area contributed by atoms with Crippen LogP contribution >= 0.6 is 0 Å². The number of aromatic amines is 1. The van der Waals surface area contributed by atoms with Crippen LogP contribution in [0, 0.1) is 0 Å². The molecule has 6 nitrogen and oxygen atoms in total. The van der Waals surface area contributed by atoms with Gasteiger partial charge < -0.3 is 9.72 Å². The first-order chi connectivity index (χ1) is 9.56.